The van der Waals surface area contributed by atoms with Gasteiger partial charge < -0.3 is 10.6 Å². The quantitative estimate of drug-likeness (QED) is 0.920. The van der Waals surface area contributed by atoms with Crippen molar-refractivity contribution in [3.8, 4) is 0 Å². The average Bonchev–Trinajstić information content (AvgIpc) is 2.83. The molecule has 2 fully saturated rings. The van der Waals surface area contributed by atoms with Crippen LogP contribution < -0.4 is 5.73 Å². The van der Waals surface area contributed by atoms with Crippen molar-refractivity contribution in [1.29, 1.82) is 0 Å². The van der Waals surface area contributed by atoms with Crippen LogP contribution >= 0.6 is 11.3 Å². The fraction of sp³-hybridized carbons (Fsp3) is 0.778. The molecule has 3 unspecified atom stereocenters. The van der Waals surface area contributed by atoms with Gasteiger partial charge in [0.15, 0.2) is 0 Å². The zero-order valence-electron chi connectivity index (χ0n) is 14.7. The lowest BCUT2D eigenvalue weighted by Gasteiger charge is -2.44. The summed E-state index contributed by atoms with van der Waals surface area (Å²) in [6, 6.07) is 0.422. The lowest BCUT2D eigenvalue weighted by atomic mass is 9.65. The van der Waals surface area contributed by atoms with Crippen LogP contribution in [-0.2, 0) is 4.79 Å². The maximum absolute atomic E-state index is 13.0. The molecule has 4 nitrogen and oxygen atoms in total. The first-order valence-electron chi connectivity index (χ1n) is 8.84. The Labute approximate surface area is 143 Å². The summed E-state index contributed by atoms with van der Waals surface area (Å²) in [5.74, 6) is 1.55. The van der Waals surface area contributed by atoms with Gasteiger partial charge in [-0.15, -0.1) is 11.3 Å². The average molecular weight is 336 g/mol. The van der Waals surface area contributed by atoms with Gasteiger partial charge in [-0.3, -0.25) is 4.79 Å². The van der Waals surface area contributed by atoms with E-state index in [1.165, 1.54) is 24.1 Å². The first-order chi connectivity index (χ1) is 10.9. The third kappa shape index (κ3) is 3.18. The van der Waals surface area contributed by atoms with E-state index in [2.05, 4.69) is 11.9 Å². The number of amides is 1. The number of carbonyl (C=O) groups is 1. The molecule has 2 N–H and O–H groups in total. The van der Waals surface area contributed by atoms with E-state index in [0.717, 1.165) is 23.5 Å². The van der Waals surface area contributed by atoms with Crippen molar-refractivity contribution >= 4 is 17.2 Å². The first-order valence-corrected chi connectivity index (χ1v) is 9.66. The summed E-state index contributed by atoms with van der Waals surface area (Å²) < 4.78 is 0. The Morgan fingerprint density at radius 2 is 1.91 bits per heavy atom. The highest BCUT2D eigenvalue weighted by molar-refractivity contribution is 7.11. The third-order valence-electron chi connectivity index (χ3n) is 6.01. The second-order valence-corrected chi connectivity index (χ2v) is 8.74. The molecule has 0 saturated heterocycles. The Hall–Kier alpha value is -0.940. The normalized spacial score (nSPS) is 31.7. The highest BCUT2D eigenvalue weighted by Crippen LogP contribution is 2.43. The number of hydrogen-bond acceptors (Lipinski definition) is 4. The summed E-state index contributed by atoms with van der Waals surface area (Å²) in [7, 11) is 1.95. The molecule has 2 aliphatic rings. The zero-order valence-corrected chi connectivity index (χ0v) is 15.5. The van der Waals surface area contributed by atoms with Crippen LogP contribution in [0.3, 0.4) is 0 Å². The minimum Gasteiger partial charge on any atom is -0.338 e. The summed E-state index contributed by atoms with van der Waals surface area (Å²) in [6.07, 6.45) is 5.65. The van der Waals surface area contributed by atoms with Gasteiger partial charge in [-0.2, -0.15) is 0 Å². The molecule has 3 rings (SSSR count). The van der Waals surface area contributed by atoms with Crippen LogP contribution in [-0.4, -0.2) is 28.9 Å². The van der Waals surface area contributed by atoms with E-state index in [0.29, 0.717) is 23.8 Å². The number of rotatable bonds is 3. The molecule has 23 heavy (non-hydrogen) atoms. The third-order valence-corrected chi connectivity index (χ3v) is 7.25. The van der Waals surface area contributed by atoms with Crippen molar-refractivity contribution in [1.82, 2.24) is 9.88 Å². The standard InChI is InChI=1S/C18H29N3OS/c1-10-17(23-12(3)20-10)11(2)21(4)18(22)15-8-13-6-5-7-14(9-15)16(13)19/h11,13-16H,5-9,19H2,1-4H3. The van der Waals surface area contributed by atoms with Gasteiger partial charge in [0.25, 0.3) is 0 Å². The predicted molar refractivity (Wildman–Crippen MR) is 94.3 cm³/mol. The molecule has 1 heterocycles. The van der Waals surface area contributed by atoms with Gasteiger partial charge in [-0.1, -0.05) is 6.42 Å². The minimum atomic E-state index is 0.101. The maximum atomic E-state index is 13.0. The molecule has 0 spiro atoms. The predicted octanol–water partition coefficient (Wildman–Crippen LogP) is 3.43. The van der Waals surface area contributed by atoms with Crippen LogP contribution in [0.25, 0.3) is 0 Å². The van der Waals surface area contributed by atoms with Gasteiger partial charge in [0, 0.05) is 23.9 Å². The molecule has 1 aromatic rings. The van der Waals surface area contributed by atoms with E-state index in [4.69, 9.17) is 5.73 Å². The van der Waals surface area contributed by atoms with E-state index in [-0.39, 0.29) is 12.0 Å². The molecule has 0 aromatic carbocycles. The van der Waals surface area contributed by atoms with Gasteiger partial charge in [0.2, 0.25) is 5.91 Å². The van der Waals surface area contributed by atoms with Crippen molar-refractivity contribution in [3.05, 3.63) is 15.6 Å². The first kappa shape index (κ1) is 16.9. The van der Waals surface area contributed by atoms with Crippen molar-refractivity contribution in [2.24, 2.45) is 23.5 Å². The molecule has 2 bridgehead atoms. The monoisotopic (exact) mass is 335 g/mol. The van der Waals surface area contributed by atoms with Crippen molar-refractivity contribution < 1.29 is 4.79 Å². The van der Waals surface area contributed by atoms with Crippen LogP contribution in [0, 0.1) is 31.6 Å². The molecule has 2 aliphatic carbocycles. The molecule has 2 saturated carbocycles. The van der Waals surface area contributed by atoms with Gasteiger partial charge in [-0.05, 0) is 58.3 Å². The van der Waals surface area contributed by atoms with E-state index in [1.807, 2.05) is 25.8 Å². The largest absolute Gasteiger partial charge is 0.338 e. The van der Waals surface area contributed by atoms with Gasteiger partial charge in [0.1, 0.15) is 0 Å². The molecular weight excluding hydrogens is 306 g/mol. The summed E-state index contributed by atoms with van der Waals surface area (Å²) in [5, 5.41) is 1.07. The fourth-order valence-corrected chi connectivity index (χ4v) is 5.60. The summed E-state index contributed by atoms with van der Waals surface area (Å²) in [4.78, 5) is 20.7. The smallest absolute Gasteiger partial charge is 0.225 e. The van der Waals surface area contributed by atoms with E-state index in [9.17, 15) is 4.79 Å². The van der Waals surface area contributed by atoms with E-state index >= 15 is 0 Å². The summed E-state index contributed by atoms with van der Waals surface area (Å²) in [5.41, 5.74) is 7.42. The SMILES string of the molecule is Cc1nc(C)c(C(C)N(C)C(=O)C2CC3CCCC(C2)C3N)s1. The Kier molecular flexibility index (Phi) is 4.79. The Balaban J connectivity index is 1.71. The lowest BCUT2D eigenvalue weighted by molar-refractivity contribution is -0.139. The number of thiazole rings is 1. The van der Waals surface area contributed by atoms with Crippen LogP contribution in [0.5, 0.6) is 0 Å². The second-order valence-electron chi connectivity index (χ2n) is 7.50. The number of aromatic nitrogens is 1. The number of carbonyl (C=O) groups excluding carboxylic acids is 1. The molecule has 5 heteroatoms. The molecule has 1 aromatic heterocycles. The highest BCUT2D eigenvalue weighted by atomic mass is 32.1. The zero-order chi connectivity index (χ0) is 16.7. The van der Waals surface area contributed by atoms with E-state index < -0.39 is 0 Å². The maximum Gasteiger partial charge on any atom is 0.225 e. The Bertz CT molecular complexity index is 571. The highest BCUT2D eigenvalue weighted by Gasteiger charge is 2.41. The summed E-state index contributed by atoms with van der Waals surface area (Å²) in [6.45, 7) is 6.18. The number of hydrogen-bond donors (Lipinski definition) is 1. The van der Waals surface area contributed by atoms with Crippen LogP contribution in [0.4, 0.5) is 0 Å². The van der Waals surface area contributed by atoms with Crippen molar-refractivity contribution in [3.63, 3.8) is 0 Å². The number of nitrogens with two attached hydrogens (primary N) is 1. The van der Waals surface area contributed by atoms with Crippen LogP contribution in [0.2, 0.25) is 0 Å². The molecule has 3 atom stereocenters. The summed E-state index contributed by atoms with van der Waals surface area (Å²) >= 11 is 1.71. The second kappa shape index (κ2) is 6.52. The van der Waals surface area contributed by atoms with Gasteiger partial charge in [0.05, 0.1) is 16.7 Å². The van der Waals surface area contributed by atoms with Crippen molar-refractivity contribution in [2.45, 2.75) is 65.0 Å². The molecule has 0 aliphatic heterocycles. The molecule has 128 valence electrons. The number of fused-ring (bicyclic) bond motifs is 2. The van der Waals surface area contributed by atoms with Crippen LogP contribution in [0.15, 0.2) is 0 Å². The minimum absolute atomic E-state index is 0.101. The number of aryl methyl sites for hydroxylation is 2. The molecular formula is C18H29N3OS. The van der Waals surface area contributed by atoms with E-state index in [1.54, 1.807) is 11.3 Å². The lowest BCUT2D eigenvalue weighted by Crippen LogP contribution is -2.49. The van der Waals surface area contributed by atoms with Gasteiger partial charge >= 0.3 is 0 Å². The Morgan fingerprint density at radius 1 is 1.30 bits per heavy atom. The fourth-order valence-electron chi connectivity index (χ4n) is 4.58. The topological polar surface area (TPSA) is 59.2 Å². The Morgan fingerprint density at radius 3 is 2.43 bits per heavy atom. The van der Waals surface area contributed by atoms with Crippen molar-refractivity contribution in [2.75, 3.05) is 7.05 Å². The molecule has 0 radical (unpaired) electrons. The van der Waals surface area contributed by atoms with Crippen LogP contribution in [0.1, 0.15) is 60.6 Å². The van der Waals surface area contributed by atoms with Gasteiger partial charge in [-0.25, -0.2) is 4.98 Å². The number of nitrogens with zero attached hydrogens (tertiary/aromatic N) is 2. The molecule has 1 amide bonds.